The van der Waals surface area contributed by atoms with E-state index >= 15 is 0 Å². The highest BCUT2D eigenvalue weighted by Gasteiger charge is 2.19. The van der Waals surface area contributed by atoms with E-state index in [0.717, 1.165) is 17.6 Å². The van der Waals surface area contributed by atoms with Gasteiger partial charge in [0.1, 0.15) is 11.5 Å². The van der Waals surface area contributed by atoms with Crippen LogP contribution in [-0.2, 0) is 0 Å². The molecule has 0 saturated carbocycles. The molecule has 2 nitrogen and oxygen atoms in total. The van der Waals surface area contributed by atoms with Crippen molar-refractivity contribution in [3.63, 3.8) is 0 Å². The third-order valence-corrected chi connectivity index (χ3v) is 4.04. The molecule has 1 saturated heterocycles. The van der Waals surface area contributed by atoms with E-state index in [2.05, 4.69) is 30.9 Å². The van der Waals surface area contributed by atoms with Crippen LogP contribution in [0.15, 0.2) is 16.5 Å². The molecule has 1 fully saturated rings. The highest BCUT2D eigenvalue weighted by molar-refractivity contribution is 5.09. The van der Waals surface area contributed by atoms with Crippen molar-refractivity contribution in [3.8, 4) is 0 Å². The van der Waals surface area contributed by atoms with E-state index in [4.69, 9.17) is 4.42 Å². The molecular formula is C15H25NO. The second-order valence-corrected chi connectivity index (χ2v) is 5.52. The zero-order chi connectivity index (χ0) is 12.3. The van der Waals surface area contributed by atoms with E-state index in [1.807, 2.05) is 6.92 Å². The summed E-state index contributed by atoms with van der Waals surface area (Å²) in [6.07, 6.45) is 5.36. The maximum absolute atomic E-state index is 5.69. The molecule has 0 bridgehead atoms. The number of hydrogen-bond acceptors (Lipinski definition) is 2. The summed E-state index contributed by atoms with van der Waals surface area (Å²) in [7, 11) is 0. The number of piperidine rings is 1. The van der Waals surface area contributed by atoms with E-state index in [9.17, 15) is 0 Å². The molecule has 2 rings (SSSR count). The van der Waals surface area contributed by atoms with Gasteiger partial charge in [0, 0.05) is 12.0 Å². The lowest BCUT2D eigenvalue weighted by Gasteiger charge is -2.33. The second kappa shape index (κ2) is 5.72. The molecule has 2 heteroatoms. The van der Waals surface area contributed by atoms with Gasteiger partial charge in [0.05, 0.1) is 0 Å². The van der Waals surface area contributed by atoms with Crippen LogP contribution in [0, 0.1) is 6.92 Å². The van der Waals surface area contributed by atoms with Crippen LogP contribution in [0.25, 0.3) is 0 Å². The first-order valence-corrected chi connectivity index (χ1v) is 6.97. The van der Waals surface area contributed by atoms with Crippen LogP contribution in [-0.4, -0.2) is 24.0 Å². The smallest absolute Gasteiger partial charge is 0.107 e. The van der Waals surface area contributed by atoms with E-state index in [0.29, 0.717) is 5.92 Å². The highest BCUT2D eigenvalue weighted by Crippen LogP contribution is 2.23. The first kappa shape index (κ1) is 12.7. The number of rotatable bonds is 4. The van der Waals surface area contributed by atoms with Gasteiger partial charge in [-0.05, 0) is 58.3 Å². The standard InChI is InChI=1S/C15H25NO/c1-12(15-8-7-14(3)17-15)9-11-16-10-5-4-6-13(16)2/h7-8,12-13H,4-6,9-11H2,1-3H3. The van der Waals surface area contributed by atoms with Gasteiger partial charge < -0.3 is 9.32 Å². The molecule has 2 unspecified atom stereocenters. The van der Waals surface area contributed by atoms with Gasteiger partial charge in [-0.3, -0.25) is 0 Å². The van der Waals surface area contributed by atoms with Crippen molar-refractivity contribution in [1.82, 2.24) is 4.90 Å². The van der Waals surface area contributed by atoms with Crippen LogP contribution in [0.2, 0.25) is 0 Å². The molecule has 17 heavy (non-hydrogen) atoms. The van der Waals surface area contributed by atoms with Crippen LogP contribution in [0.4, 0.5) is 0 Å². The van der Waals surface area contributed by atoms with Gasteiger partial charge in [-0.2, -0.15) is 0 Å². The molecule has 1 aliphatic heterocycles. The topological polar surface area (TPSA) is 16.4 Å². The van der Waals surface area contributed by atoms with Crippen molar-refractivity contribution in [1.29, 1.82) is 0 Å². The molecule has 0 N–H and O–H groups in total. The summed E-state index contributed by atoms with van der Waals surface area (Å²) in [4.78, 5) is 2.63. The highest BCUT2D eigenvalue weighted by atomic mass is 16.3. The minimum Gasteiger partial charge on any atom is -0.466 e. The van der Waals surface area contributed by atoms with Crippen molar-refractivity contribution in [2.75, 3.05) is 13.1 Å². The lowest BCUT2D eigenvalue weighted by molar-refractivity contribution is 0.155. The van der Waals surface area contributed by atoms with Crippen molar-refractivity contribution in [3.05, 3.63) is 23.7 Å². The zero-order valence-electron chi connectivity index (χ0n) is 11.4. The Kier molecular flexibility index (Phi) is 4.27. The first-order chi connectivity index (χ1) is 8.16. The van der Waals surface area contributed by atoms with Crippen molar-refractivity contribution in [2.24, 2.45) is 0 Å². The normalized spacial score (nSPS) is 23.8. The third-order valence-electron chi connectivity index (χ3n) is 4.04. The van der Waals surface area contributed by atoms with Crippen molar-refractivity contribution < 1.29 is 4.42 Å². The summed E-state index contributed by atoms with van der Waals surface area (Å²) in [5.74, 6) is 2.71. The maximum atomic E-state index is 5.69. The van der Waals surface area contributed by atoms with Gasteiger partial charge in [0.15, 0.2) is 0 Å². The number of furan rings is 1. The Bertz CT molecular complexity index is 344. The van der Waals surface area contributed by atoms with Crippen LogP contribution < -0.4 is 0 Å². The zero-order valence-corrected chi connectivity index (χ0v) is 11.4. The molecule has 1 aromatic heterocycles. The third kappa shape index (κ3) is 3.35. The van der Waals surface area contributed by atoms with Gasteiger partial charge in [0.25, 0.3) is 0 Å². The minimum absolute atomic E-state index is 0.540. The average molecular weight is 235 g/mol. The Labute approximate surface area is 105 Å². The monoisotopic (exact) mass is 235 g/mol. The summed E-state index contributed by atoms with van der Waals surface area (Å²) < 4.78 is 5.69. The fraction of sp³-hybridized carbons (Fsp3) is 0.733. The minimum atomic E-state index is 0.540. The predicted octanol–water partition coefficient (Wildman–Crippen LogP) is 3.96. The predicted molar refractivity (Wildman–Crippen MR) is 71.4 cm³/mol. The number of nitrogens with zero attached hydrogens (tertiary/aromatic N) is 1. The Morgan fingerprint density at radius 1 is 1.41 bits per heavy atom. The number of likely N-dealkylation sites (tertiary alicyclic amines) is 1. The molecule has 0 amide bonds. The Morgan fingerprint density at radius 2 is 2.24 bits per heavy atom. The number of aryl methyl sites for hydroxylation is 1. The van der Waals surface area contributed by atoms with Gasteiger partial charge in [-0.25, -0.2) is 0 Å². The van der Waals surface area contributed by atoms with Crippen molar-refractivity contribution >= 4 is 0 Å². The number of hydrogen-bond donors (Lipinski definition) is 0. The Balaban J connectivity index is 1.81. The summed E-state index contributed by atoms with van der Waals surface area (Å²) in [5.41, 5.74) is 0. The summed E-state index contributed by atoms with van der Waals surface area (Å²) >= 11 is 0. The molecule has 2 atom stereocenters. The van der Waals surface area contributed by atoms with E-state index in [1.54, 1.807) is 0 Å². The summed E-state index contributed by atoms with van der Waals surface area (Å²) in [5, 5.41) is 0. The molecule has 0 aromatic carbocycles. The van der Waals surface area contributed by atoms with E-state index in [-0.39, 0.29) is 0 Å². The van der Waals surface area contributed by atoms with Gasteiger partial charge in [0.2, 0.25) is 0 Å². The SMILES string of the molecule is Cc1ccc(C(C)CCN2CCCCC2C)o1. The molecule has 96 valence electrons. The van der Waals surface area contributed by atoms with Crippen LogP contribution in [0.3, 0.4) is 0 Å². The molecule has 0 radical (unpaired) electrons. The van der Waals surface area contributed by atoms with Crippen molar-refractivity contribution in [2.45, 2.75) is 58.4 Å². The lowest BCUT2D eigenvalue weighted by atomic mass is 10.0. The summed E-state index contributed by atoms with van der Waals surface area (Å²) in [6.45, 7) is 9.14. The van der Waals surface area contributed by atoms with Crippen LogP contribution in [0.1, 0.15) is 57.0 Å². The maximum Gasteiger partial charge on any atom is 0.107 e. The van der Waals surface area contributed by atoms with Gasteiger partial charge in [-0.15, -0.1) is 0 Å². The molecular weight excluding hydrogens is 210 g/mol. The first-order valence-electron chi connectivity index (χ1n) is 6.97. The average Bonchev–Trinajstić information content (AvgIpc) is 2.74. The lowest BCUT2D eigenvalue weighted by Crippen LogP contribution is -2.38. The fourth-order valence-corrected chi connectivity index (χ4v) is 2.71. The van der Waals surface area contributed by atoms with Crippen LogP contribution >= 0.6 is 0 Å². The van der Waals surface area contributed by atoms with E-state index < -0.39 is 0 Å². The van der Waals surface area contributed by atoms with Gasteiger partial charge >= 0.3 is 0 Å². The Morgan fingerprint density at radius 3 is 2.88 bits per heavy atom. The Hall–Kier alpha value is -0.760. The van der Waals surface area contributed by atoms with Gasteiger partial charge in [-0.1, -0.05) is 13.3 Å². The fourth-order valence-electron chi connectivity index (χ4n) is 2.71. The molecule has 0 aliphatic carbocycles. The molecule has 0 spiro atoms. The molecule has 2 heterocycles. The quantitative estimate of drug-likeness (QED) is 0.785. The van der Waals surface area contributed by atoms with Crippen LogP contribution in [0.5, 0.6) is 0 Å². The molecule has 1 aromatic rings. The molecule has 1 aliphatic rings. The second-order valence-electron chi connectivity index (χ2n) is 5.52. The summed E-state index contributed by atoms with van der Waals surface area (Å²) in [6, 6.07) is 4.96. The largest absolute Gasteiger partial charge is 0.466 e. The van der Waals surface area contributed by atoms with E-state index in [1.165, 1.54) is 38.8 Å².